The Labute approximate surface area is 109 Å². The van der Waals surface area contributed by atoms with Crippen LogP contribution < -0.4 is 4.74 Å². The van der Waals surface area contributed by atoms with Gasteiger partial charge in [-0.2, -0.15) is 0 Å². The van der Waals surface area contributed by atoms with Crippen LogP contribution in [0.2, 0.25) is 0 Å². The first-order valence-corrected chi connectivity index (χ1v) is 6.60. The van der Waals surface area contributed by atoms with Gasteiger partial charge in [0.15, 0.2) is 0 Å². The Morgan fingerprint density at radius 2 is 1.72 bits per heavy atom. The maximum absolute atomic E-state index is 12.5. The molecule has 98 valence electrons. The third kappa shape index (κ3) is 2.50. The van der Waals surface area contributed by atoms with Crippen molar-refractivity contribution >= 4 is 5.91 Å². The average molecular weight is 247 g/mol. The topological polar surface area (TPSA) is 29.5 Å². The van der Waals surface area contributed by atoms with Crippen LogP contribution in [0.5, 0.6) is 5.75 Å². The van der Waals surface area contributed by atoms with Crippen LogP contribution in [0.3, 0.4) is 0 Å². The van der Waals surface area contributed by atoms with E-state index in [0.29, 0.717) is 12.1 Å². The molecule has 0 aromatic heterocycles. The van der Waals surface area contributed by atoms with E-state index in [9.17, 15) is 4.79 Å². The largest absolute Gasteiger partial charge is 0.497 e. The first kappa shape index (κ1) is 12.9. The molecule has 0 N–H and O–H groups in total. The number of rotatable bonds is 2. The number of carbonyl (C=O) groups excluding carboxylic acids is 1. The molecule has 0 unspecified atom stereocenters. The van der Waals surface area contributed by atoms with E-state index in [2.05, 4.69) is 13.8 Å². The standard InChI is InChI=1S/C15H21NO2/c1-11-5-4-6-12(2)16(11)15(17)13-7-9-14(18-3)10-8-13/h7-12H,4-6H2,1-3H3/t11-,12-/m0/s1. The highest BCUT2D eigenvalue weighted by Crippen LogP contribution is 2.25. The van der Waals surface area contributed by atoms with Gasteiger partial charge in [0.1, 0.15) is 5.75 Å². The molecular formula is C15H21NO2. The Balaban J connectivity index is 2.18. The second kappa shape index (κ2) is 5.42. The predicted octanol–water partition coefficient (Wildman–Crippen LogP) is 3.10. The van der Waals surface area contributed by atoms with Gasteiger partial charge in [0.25, 0.3) is 5.91 Å². The SMILES string of the molecule is COc1ccc(C(=O)N2[C@@H](C)CCC[C@@H]2C)cc1. The Kier molecular flexibility index (Phi) is 3.90. The third-order valence-electron chi connectivity index (χ3n) is 3.77. The fourth-order valence-electron chi connectivity index (χ4n) is 2.70. The molecule has 1 heterocycles. The van der Waals surface area contributed by atoms with Gasteiger partial charge in [0.2, 0.25) is 0 Å². The zero-order chi connectivity index (χ0) is 13.1. The Morgan fingerprint density at radius 3 is 2.22 bits per heavy atom. The van der Waals surface area contributed by atoms with E-state index in [0.717, 1.165) is 24.2 Å². The van der Waals surface area contributed by atoms with E-state index in [1.54, 1.807) is 7.11 Å². The quantitative estimate of drug-likeness (QED) is 0.803. The van der Waals surface area contributed by atoms with Gasteiger partial charge in [0.05, 0.1) is 7.11 Å². The van der Waals surface area contributed by atoms with E-state index in [1.807, 2.05) is 29.2 Å². The van der Waals surface area contributed by atoms with Crippen LogP contribution in [0.1, 0.15) is 43.5 Å². The summed E-state index contributed by atoms with van der Waals surface area (Å²) in [4.78, 5) is 14.5. The van der Waals surface area contributed by atoms with Crippen LogP contribution in [0.15, 0.2) is 24.3 Å². The van der Waals surface area contributed by atoms with Crippen molar-refractivity contribution < 1.29 is 9.53 Å². The van der Waals surface area contributed by atoms with Gasteiger partial charge >= 0.3 is 0 Å². The third-order valence-corrected chi connectivity index (χ3v) is 3.77. The summed E-state index contributed by atoms with van der Waals surface area (Å²) in [5.74, 6) is 0.920. The van der Waals surface area contributed by atoms with Crippen molar-refractivity contribution in [1.29, 1.82) is 0 Å². The number of amides is 1. The van der Waals surface area contributed by atoms with Crippen molar-refractivity contribution in [1.82, 2.24) is 4.90 Å². The Hall–Kier alpha value is -1.51. The maximum atomic E-state index is 12.5. The minimum Gasteiger partial charge on any atom is -0.497 e. The molecule has 1 fully saturated rings. The molecule has 2 rings (SSSR count). The van der Waals surface area contributed by atoms with E-state index in [4.69, 9.17) is 4.74 Å². The van der Waals surface area contributed by atoms with E-state index < -0.39 is 0 Å². The molecule has 1 aliphatic rings. The monoisotopic (exact) mass is 247 g/mol. The number of ether oxygens (including phenoxy) is 1. The van der Waals surface area contributed by atoms with Crippen LogP contribution >= 0.6 is 0 Å². The van der Waals surface area contributed by atoms with Gasteiger partial charge in [-0.05, 0) is 57.4 Å². The van der Waals surface area contributed by atoms with Crippen LogP contribution in [-0.2, 0) is 0 Å². The molecule has 3 nitrogen and oxygen atoms in total. The number of carbonyl (C=O) groups is 1. The number of hydrogen-bond donors (Lipinski definition) is 0. The number of piperidine rings is 1. The van der Waals surface area contributed by atoms with Crippen LogP contribution in [0.25, 0.3) is 0 Å². The molecular weight excluding hydrogens is 226 g/mol. The van der Waals surface area contributed by atoms with Gasteiger partial charge < -0.3 is 9.64 Å². The summed E-state index contributed by atoms with van der Waals surface area (Å²) in [6, 6.07) is 8.04. The summed E-state index contributed by atoms with van der Waals surface area (Å²) in [5, 5.41) is 0. The zero-order valence-corrected chi connectivity index (χ0v) is 11.3. The van der Waals surface area contributed by atoms with Crippen molar-refractivity contribution in [3.05, 3.63) is 29.8 Å². The number of methoxy groups -OCH3 is 1. The second-order valence-electron chi connectivity index (χ2n) is 5.07. The first-order valence-electron chi connectivity index (χ1n) is 6.60. The van der Waals surface area contributed by atoms with Gasteiger partial charge in [-0.25, -0.2) is 0 Å². The van der Waals surface area contributed by atoms with Crippen molar-refractivity contribution in [2.75, 3.05) is 7.11 Å². The Morgan fingerprint density at radius 1 is 1.17 bits per heavy atom. The molecule has 3 heteroatoms. The summed E-state index contributed by atoms with van der Waals surface area (Å²) >= 11 is 0. The summed E-state index contributed by atoms with van der Waals surface area (Å²) < 4.78 is 5.11. The van der Waals surface area contributed by atoms with E-state index in [1.165, 1.54) is 6.42 Å². The highest BCUT2D eigenvalue weighted by atomic mass is 16.5. The van der Waals surface area contributed by atoms with Gasteiger partial charge in [0, 0.05) is 17.6 Å². The molecule has 0 aliphatic carbocycles. The lowest BCUT2D eigenvalue weighted by Crippen LogP contribution is -2.47. The summed E-state index contributed by atoms with van der Waals surface area (Å²) in [6.45, 7) is 4.27. The molecule has 1 aromatic carbocycles. The fraction of sp³-hybridized carbons (Fsp3) is 0.533. The molecule has 1 aromatic rings. The highest BCUT2D eigenvalue weighted by molar-refractivity contribution is 5.94. The highest BCUT2D eigenvalue weighted by Gasteiger charge is 2.29. The van der Waals surface area contributed by atoms with E-state index in [-0.39, 0.29) is 5.91 Å². The minimum atomic E-state index is 0.136. The van der Waals surface area contributed by atoms with Gasteiger partial charge in [-0.1, -0.05) is 0 Å². The van der Waals surface area contributed by atoms with Gasteiger partial charge in [-0.3, -0.25) is 4.79 Å². The molecule has 1 amide bonds. The lowest BCUT2D eigenvalue weighted by atomic mass is 9.96. The molecule has 18 heavy (non-hydrogen) atoms. The number of hydrogen-bond acceptors (Lipinski definition) is 2. The van der Waals surface area contributed by atoms with Crippen LogP contribution in [0, 0.1) is 0 Å². The van der Waals surface area contributed by atoms with Crippen LogP contribution in [0.4, 0.5) is 0 Å². The van der Waals surface area contributed by atoms with Crippen LogP contribution in [-0.4, -0.2) is 30.0 Å². The maximum Gasteiger partial charge on any atom is 0.254 e. The molecule has 1 aliphatic heterocycles. The predicted molar refractivity (Wildman–Crippen MR) is 71.9 cm³/mol. The minimum absolute atomic E-state index is 0.136. The van der Waals surface area contributed by atoms with Gasteiger partial charge in [-0.15, -0.1) is 0 Å². The lowest BCUT2D eigenvalue weighted by Gasteiger charge is -2.39. The summed E-state index contributed by atoms with van der Waals surface area (Å²) in [7, 11) is 1.63. The summed E-state index contributed by atoms with van der Waals surface area (Å²) in [6.07, 6.45) is 3.42. The number of benzene rings is 1. The molecule has 0 spiro atoms. The molecule has 1 saturated heterocycles. The molecule has 0 bridgehead atoms. The molecule has 0 saturated carbocycles. The number of likely N-dealkylation sites (tertiary alicyclic amines) is 1. The normalized spacial score (nSPS) is 23.8. The second-order valence-corrected chi connectivity index (χ2v) is 5.07. The first-order chi connectivity index (χ1) is 8.63. The van der Waals surface area contributed by atoms with Crippen molar-refractivity contribution in [3.63, 3.8) is 0 Å². The molecule has 0 radical (unpaired) electrons. The molecule has 2 atom stereocenters. The van der Waals surface area contributed by atoms with Crippen molar-refractivity contribution in [2.24, 2.45) is 0 Å². The number of nitrogens with zero attached hydrogens (tertiary/aromatic N) is 1. The summed E-state index contributed by atoms with van der Waals surface area (Å²) in [5.41, 5.74) is 0.747. The van der Waals surface area contributed by atoms with Crippen molar-refractivity contribution in [3.8, 4) is 5.75 Å². The average Bonchev–Trinajstić information content (AvgIpc) is 2.38. The fourth-order valence-corrected chi connectivity index (χ4v) is 2.70. The van der Waals surface area contributed by atoms with E-state index >= 15 is 0 Å². The Bertz CT molecular complexity index is 403. The smallest absolute Gasteiger partial charge is 0.254 e. The zero-order valence-electron chi connectivity index (χ0n) is 11.3. The lowest BCUT2D eigenvalue weighted by molar-refractivity contribution is 0.0511. The van der Waals surface area contributed by atoms with Crippen molar-refractivity contribution in [2.45, 2.75) is 45.2 Å².